The first kappa shape index (κ1) is 22.6. The van der Waals surface area contributed by atoms with Crippen molar-refractivity contribution in [1.29, 1.82) is 0 Å². The Balaban J connectivity index is 0.00000280. The van der Waals surface area contributed by atoms with Crippen LogP contribution in [0, 0.1) is 6.92 Å². The number of nitrogens with one attached hydrogen (secondary N) is 2. The topological polar surface area (TPSA) is 69.6 Å². The molecule has 8 heteroatoms. The number of aryl methyl sites for hydroxylation is 1. The summed E-state index contributed by atoms with van der Waals surface area (Å²) in [5.41, 5.74) is 3.45. The number of para-hydroxylation sites is 1. The highest BCUT2D eigenvalue weighted by Gasteiger charge is 2.23. The van der Waals surface area contributed by atoms with E-state index >= 15 is 0 Å². The van der Waals surface area contributed by atoms with Crippen molar-refractivity contribution in [3.63, 3.8) is 0 Å². The molecule has 6 nitrogen and oxygen atoms in total. The molecule has 1 aromatic heterocycles. The van der Waals surface area contributed by atoms with Crippen molar-refractivity contribution in [2.24, 2.45) is 4.99 Å². The minimum atomic E-state index is 0. The molecule has 0 saturated heterocycles. The SMILES string of the molecule is CN=C(NCCCC(=O)N1CCc2ccccc21)NCCc1csc(C)n1.I. The second kappa shape index (κ2) is 11.4. The number of fused-ring (bicyclic) bond motifs is 1. The minimum absolute atomic E-state index is 0. The van der Waals surface area contributed by atoms with Crippen LogP contribution in [-0.2, 0) is 17.6 Å². The summed E-state index contributed by atoms with van der Waals surface area (Å²) >= 11 is 1.67. The molecule has 0 atom stereocenters. The van der Waals surface area contributed by atoms with Crippen LogP contribution >= 0.6 is 35.3 Å². The number of hydrogen-bond donors (Lipinski definition) is 2. The number of anilines is 1. The zero-order valence-corrected chi connectivity index (χ0v) is 19.5. The van der Waals surface area contributed by atoms with Gasteiger partial charge in [0, 0.05) is 50.6 Å². The monoisotopic (exact) mass is 513 g/mol. The standard InChI is InChI=1S/C20H27N5OS.HI/c1-15-24-17(14-27-15)9-12-23-20(21-2)22-11-5-8-19(26)25-13-10-16-6-3-4-7-18(16)25;/h3-4,6-7,14H,5,8-13H2,1-2H3,(H2,21,22,23);1H. The third kappa shape index (κ3) is 6.16. The Morgan fingerprint density at radius 3 is 2.82 bits per heavy atom. The van der Waals surface area contributed by atoms with E-state index in [9.17, 15) is 4.79 Å². The molecule has 0 aliphatic carbocycles. The van der Waals surface area contributed by atoms with Gasteiger partial charge in [0.25, 0.3) is 0 Å². The minimum Gasteiger partial charge on any atom is -0.356 e. The number of aliphatic imine (C=N–C) groups is 1. The number of hydrogen-bond acceptors (Lipinski definition) is 4. The average molecular weight is 513 g/mol. The van der Waals surface area contributed by atoms with Crippen LogP contribution in [0.2, 0.25) is 0 Å². The Labute approximate surface area is 187 Å². The molecule has 1 aliphatic heterocycles. The summed E-state index contributed by atoms with van der Waals surface area (Å²) in [6.45, 7) is 4.32. The fourth-order valence-corrected chi connectivity index (χ4v) is 3.88. The Morgan fingerprint density at radius 1 is 1.29 bits per heavy atom. The van der Waals surface area contributed by atoms with Gasteiger partial charge in [0.05, 0.1) is 10.7 Å². The van der Waals surface area contributed by atoms with E-state index in [1.807, 2.05) is 30.0 Å². The number of nitrogens with zero attached hydrogens (tertiary/aromatic N) is 3. The van der Waals surface area contributed by atoms with Crippen molar-refractivity contribution in [3.8, 4) is 0 Å². The number of amides is 1. The Morgan fingerprint density at radius 2 is 2.07 bits per heavy atom. The predicted octanol–water partition coefficient (Wildman–Crippen LogP) is 3.15. The van der Waals surface area contributed by atoms with Gasteiger partial charge in [-0.1, -0.05) is 18.2 Å². The molecule has 0 radical (unpaired) electrons. The second-order valence-electron chi connectivity index (χ2n) is 6.56. The van der Waals surface area contributed by atoms with Crippen molar-refractivity contribution in [2.45, 2.75) is 32.6 Å². The lowest BCUT2D eigenvalue weighted by Crippen LogP contribution is -2.39. The van der Waals surface area contributed by atoms with E-state index < -0.39 is 0 Å². The maximum Gasteiger partial charge on any atom is 0.227 e. The first-order valence-electron chi connectivity index (χ1n) is 9.41. The van der Waals surface area contributed by atoms with Gasteiger partial charge in [-0.3, -0.25) is 9.79 Å². The summed E-state index contributed by atoms with van der Waals surface area (Å²) in [7, 11) is 1.76. The van der Waals surface area contributed by atoms with E-state index in [0.29, 0.717) is 6.42 Å². The average Bonchev–Trinajstić information content (AvgIpc) is 3.29. The fraction of sp³-hybridized carbons (Fsp3) is 0.450. The molecule has 1 aliphatic rings. The zero-order valence-electron chi connectivity index (χ0n) is 16.4. The highest BCUT2D eigenvalue weighted by molar-refractivity contribution is 14.0. The molecule has 0 fully saturated rings. The molecule has 0 saturated carbocycles. The van der Waals surface area contributed by atoms with E-state index in [2.05, 4.69) is 32.1 Å². The van der Waals surface area contributed by atoms with Crippen molar-refractivity contribution in [2.75, 3.05) is 31.6 Å². The van der Waals surface area contributed by atoms with Crippen LogP contribution in [0.15, 0.2) is 34.6 Å². The molecular formula is C20H28IN5OS. The van der Waals surface area contributed by atoms with Crippen molar-refractivity contribution in [3.05, 3.63) is 45.9 Å². The van der Waals surface area contributed by atoms with Gasteiger partial charge in [-0.15, -0.1) is 35.3 Å². The lowest BCUT2D eigenvalue weighted by molar-refractivity contribution is -0.118. The van der Waals surface area contributed by atoms with Gasteiger partial charge in [0.2, 0.25) is 5.91 Å². The van der Waals surface area contributed by atoms with Gasteiger partial charge < -0.3 is 15.5 Å². The Bertz CT molecular complexity index is 807. The number of carbonyl (C=O) groups excluding carboxylic acids is 1. The summed E-state index contributed by atoms with van der Waals surface area (Å²) in [5.74, 6) is 0.963. The molecule has 0 bridgehead atoms. The molecule has 1 aromatic carbocycles. The third-order valence-electron chi connectivity index (χ3n) is 4.61. The van der Waals surface area contributed by atoms with Crippen molar-refractivity contribution < 1.29 is 4.79 Å². The molecule has 3 rings (SSSR count). The second-order valence-corrected chi connectivity index (χ2v) is 7.62. The first-order valence-corrected chi connectivity index (χ1v) is 10.3. The van der Waals surface area contributed by atoms with E-state index in [-0.39, 0.29) is 29.9 Å². The van der Waals surface area contributed by atoms with Crippen LogP contribution < -0.4 is 15.5 Å². The van der Waals surface area contributed by atoms with Gasteiger partial charge in [-0.2, -0.15) is 0 Å². The van der Waals surface area contributed by atoms with Crippen LogP contribution in [0.3, 0.4) is 0 Å². The lowest BCUT2D eigenvalue weighted by atomic mass is 10.2. The molecule has 2 N–H and O–H groups in total. The van der Waals surface area contributed by atoms with E-state index in [4.69, 9.17) is 0 Å². The van der Waals surface area contributed by atoms with Crippen LogP contribution in [0.25, 0.3) is 0 Å². The predicted molar refractivity (Wildman–Crippen MR) is 127 cm³/mol. The van der Waals surface area contributed by atoms with Crippen LogP contribution in [0.4, 0.5) is 5.69 Å². The molecule has 1 amide bonds. The van der Waals surface area contributed by atoms with E-state index in [1.165, 1.54) is 5.56 Å². The number of carbonyl (C=O) groups is 1. The molecule has 0 unspecified atom stereocenters. The lowest BCUT2D eigenvalue weighted by Gasteiger charge is -2.17. The summed E-state index contributed by atoms with van der Waals surface area (Å²) in [4.78, 5) is 23.1. The highest BCUT2D eigenvalue weighted by atomic mass is 127. The number of thiazole rings is 1. The zero-order chi connectivity index (χ0) is 19.1. The molecule has 28 heavy (non-hydrogen) atoms. The summed E-state index contributed by atoms with van der Waals surface area (Å²) < 4.78 is 0. The molecule has 2 heterocycles. The van der Waals surface area contributed by atoms with Crippen molar-refractivity contribution >= 4 is 52.9 Å². The largest absolute Gasteiger partial charge is 0.356 e. The van der Waals surface area contributed by atoms with Gasteiger partial charge in [-0.25, -0.2) is 4.98 Å². The maximum absolute atomic E-state index is 12.5. The Hall–Kier alpha value is -1.68. The summed E-state index contributed by atoms with van der Waals surface area (Å²) in [5, 5.41) is 9.76. The number of aromatic nitrogens is 1. The van der Waals surface area contributed by atoms with Crippen LogP contribution in [0.5, 0.6) is 0 Å². The molecular weight excluding hydrogens is 485 g/mol. The number of halogens is 1. The smallest absolute Gasteiger partial charge is 0.227 e. The van der Waals surface area contributed by atoms with Gasteiger partial charge in [0.1, 0.15) is 0 Å². The van der Waals surface area contributed by atoms with Gasteiger partial charge in [0.15, 0.2) is 5.96 Å². The number of guanidine groups is 1. The highest BCUT2D eigenvalue weighted by Crippen LogP contribution is 2.27. The summed E-state index contributed by atoms with van der Waals surface area (Å²) in [6, 6.07) is 8.17. The van der Waals surface area contributed by atoms with Crippen LogP contribution in [0.1, 0.15) is 29.1 Å². The molecule has 0 spiro atoms. The molecule has 152 valence electrons. The van der Waals surface area contributed by atoms with Gasteiger partial charge in [-0.05, 0) is 31.4 Å². The normalized spacial score (nSPS) is 13.1. The fourth-order valence-electron chi connectivity index (χ4n) is 3.23. The third-order valence-corrected chi connectivity index (χ3v) is 5.43. The van der Waals surface area contributed by atoms with Gasteiger partial charge >= 0.3 is 0 Å². The number of benzene rings is 1. The molecule has 2 aromatic rings. The van der Waals surface area contributed by atoms with E-state index in [0.717, 1.165) is 61.2 Å². The number of rotatable bonds is 7. The van der Waals surface area contributed by atoms with Crippen LogP contribution in [-0.4, -0.2) is 43.5 Å². The first-order chi connectivity index (χ1) is 13.2. The quantitative estimate of drug-likeness (QED) is 0.259. The van der Waals surface area contributed by atoms with Crippen molar-refractivity contribution in [1.82, 2.24) is 15.6 Å². The maximum atomic E-state index is 12.5. The Kier molecular flexibility index (Phi) is 9.17. The summed E-state index contributed by atoms with van der Waals surface area (Å²) in [6.07, 6.45) is 3.15. The van der Waals surface area contributed by atoms with E-state index in [1.54, 1.807) is 18.4 Å².